The van der Waals surface area contributed by atoms with Crippen LogP contribution in [0.25, 0.3) is 10.8 Å². The van der Waals surface area contributed by atoms with Crippen molar-refractivity contribution >= 4 is 39.1 Å². The molecule has 2 aromatic rings. The van der Waals surface area contributed by atoms with Gasteiger partial charge in [0.2, 0.25) is 0 Å². The highest BCUT2D eigenvalue weighted by Crippen LogP contribution is 2.36. The Morgan fingerprint density at radius 1 is 1.41 bits per heavy atom. The van der Waals surface area contributed by atoms with Gasteiger partial charge in [-0.05, 0) is 24.3 Å². The number of nitrogens with zero attached hydrogens (tertiary/aromatic N) is 1. The highest BCUT2D eigenvalue weighted by molar-refractivity contribution is 7.85. The van der Waals surface area contributed by atoms with Crippen LogP contribution in [0.15, 0.2) is 30.3 Å². The fraction of sp³-hybridized carbons (Fsp3) is 0.375. The summed E-state index contributed by atoms with van der Waals surface area (Å²) in [5, 5.41) is 4.89. The van der Waals surface area contributed by atoms with E-state index in [2.05, 4.69) is 10.3 Å². The molecule has 0 radical (unpaired) electrons. The molecule has 6 heteroatoms. The lowest BCUT2D eigenvalue weighted by molar-refractivity contribution is 0.0938. The van der Waals surface area contributed by atoms with Crippen molar-refractivity contribution in [1.29, 1.82) is 0 Å². The summed E-state index contributed by atoms with van der Waals surface area (Å²) in [4.78, 5) is 16.5. The number of carbonyl (C=O) groups is 1. The number of carbonyl (C=O) groups excluding carboxylic acids is 1. The van der Waals surface area contributed by atoms with Gasteiger partial charge in [-0.2, -0.15) is 0 Å². The first kappa shape index (κ1) is 15.4. The number of amides is 1. The predicted molar refractivity (Wildman–Crippen MR) is 89.7 cm³/mol. The van der Waals surface area contributed by atoms with Crippen LogP contribution in [0.1, 0.15) is 29.8 Å². The second-order valence-corrected chi connectivity index (χ2v) is 7.83. The second kappa shape index (κ2) is 5.97. The van der Waals surface area contributed by atoms with E-state index in [1.165, 1.54) is 0 Å². The Bertz CT molecular complexity index is 759. The Labute approximate surface area is 136 Å². The van der Waals surface area contributed by atoms with Gasteiger partial charge < -0.3 is 5.32 Å². The fourth-order valence-electron chi connectivity index (χ4n) is 2.74. The van der Waals surface area contributed by atoms with Gasteiger partial charge in [-0.25, -0.2) is 4.98 Å². The van der Waals surface area contributed by atoms with Crippen molar-refractivity contribution in [2.45, 2.75) is 24.0 Å². The number of hydrogen-bond acceptors (Lipinski definition) is 3. The molecule has 0 bridgehead atoms. The van der Waals surface area contributed by atoms with Gasteiger partial charge in [0, 0.05) is 29.0 Å². The molecule has 22 heavy (non-hydrogen) atoms. The third-order valence-corrected chi connectivity index (χ3v) is 6.43. The maximum absolute atomic E-state index is 12.3. The molecule has 1 aliphatic carbocycles. The van der Waals surface area contributed by atoms with Crippen LogP contribution in [0.5, 0.6) is 0 Å². The fourth-order valence-corrected chi connectivity index (χ4v) is 4.14. The highest BCUT2D eigenvalue weighted by Gasteiger charge is 2.41. The lowest BCUT2D eigenvalue weighted by atomic mass is 9.84. The van der Waals surface area contributed by atoms with E-state index in [9.17, 15) is 9.00 Å². The van der Waals surface area contributed by atoms with Crippen LogP contribution in [0, 0.1) is 0 Å². The van der Waals surface area contributed by atoms with Crippen molar-refractivity contribution in [2.24, 2.45) is 0 Å². The maximum atomic E-state index is 12.3. The van der Waals surface area contributed by atoms with Gasteiger partial charge in [-0.3, -0.25) is 9.00 Å². The van der Waals surface area contributed by atoms with E-state index < -0.39 is 10.8 Å². The molecule has 1 saturated carbocycles. The van der Waals surface area contributed by atoms with Crippen molar-refractivity contribution in [3.63, 3.8) is 0 Å². The molecule has 1 N–H and O–H groups in total. The zero-order valence-electron chi connectivity index (χ0n) is 12.3. The number of pyridine rings is 1. The Hall–Kier alpha value is -1.46. The standard InChI is InChI=1S/C16H17ClN2O2S/c1-22(21)16(7-4-8-16)10-18-15(20)13-9-11-5-2-3-6-12(11)14(17)19-13/h2-3,5-6,9H,4,7-8,10H2,1H3,(H,18,20)/t22-/m1/s1. The summed E-state index contributed by atoms with van der Waals surface area (Å²) in [6.07, 6.45) is 4.55. The number of halogens is 1. The van der Waals surface area contributed by atoms with E-state index in [0.717, 1.165) is 30.0 Å². The lowest BCUT2D eigenvalue weighted by Gasteiger charge is -2.39. The van der Waals surface area contributed by atoms with Gasteiger partial charge in [0.25, 0.3) is 5.91 Å². The molecule has 0 unspecified atom stereocenters. The number of hydrogen-bond donors (Lipinski definition) is 1. The highest BCUT2D eigenvalue weighted by atomic mass is 35.5. The number of rotatable bonds is 4. The van der Waals surface area contributed by atoms with Gasteiger partial charge in [-0.15, -0.1) is 0 Å². The predicted octanol–water partition coefficient (Wildman–Crippen LogP) is 2.92. The lowest BCUT2D eigenvalue weighted by Crippen LogP contribution is -2.50. The molecule has 1 amide bonds. The van der Waals surface area contributed by atoms with Gasteiger partial charge in [0.1, 0.15) is 10.8 Å². The minimum absolute atomic E-state index is 0.268. The molecule has 0 spiro atoms. The largest absolute Gasteiger partial charge is 0.349 e. The van der Waals surface area contributed by atoms with Gasteiger partial charge >= 0.3 is 0 Å². The van der Waals surface area contributed by atoms with Crippen molar-refractivity contribution in [3.05, 3.63) is 41.2 Å². The van der Waals surface area contributed by atoms with Gasteiger partial charge in [-0.1, -0.05) is 42.3 Å². The minimum Gasteiger partial charge on any atom is -0.349 e. The Morgan fingerprint density at radius 2 is 2.14 bits per heavy atom. The van der Waals surface area contributed by atoms with Crippen LogP contribution < -0.4 is 5.32 Å². The maximum Gasteiger partial charge on any atom is 0.270 e. The van der Waals surface area contributed by atoms with Crippen molar-refractivity contribution in [2.75, 3.05) is 12.8 Å². The van der Waals surface area contributed by atoms with E-state index in [1.54, 1.807) is 12.3 Å². The topological polar surface area (TPSA) is 59.1 Å². The van der Waals surface area contributed by atoms with Crippen molar-refractivity contribution in [1.82, 2.24) is 10.3 Å². The number of benzene rings is 1. The van der Waals surface area contributed by atoms with Crippen LogP contribution in [-0.4, -0.2) is 32.6 Å². The van der Waals surface area contributed by atoms with Gasteiger partial charge in [0.05, 0.1) is 4.75 Å². The summed E-state index contributed by atoms with van der Waals surface area (Å²) in [6.45, 7) is 0.418. The Kier molecular flexibility index (Phi) is 4.19. The monoisotopic (exact) mass is 336 g/mol. The van der Waals surface area contributed by atoms with E-state index in [4.69, 9.17) is 11.6 Å². The molecule has 1 atom stereocenters. The molecular weight excluding hydrogens is 320 g/mol. The van der Waals surface area contributed by atoms with Crippen LogP contribution in [0.4, 0.5) is 0 Å². The number of fused-ring (bicyclic) bond motifs is 1. The zero-order chi connectivity index (χ0) is 15.7. The Morgan fingerprint density at radius 3 is 2.77 bits per heavy atom. The number of aromatic nitrogens is 1. The molecule has 1 aromatic carbocycles. The normalized spacial score (nSPS) is 17.7. The van der Waals surface area contributed by atoms with Gasteiger partial charge in [0.15, 0.2) is 0 Å². The first-order valence-corrected chi connectivity index (χ1v) is 9.12. The third-order valence-electron chi connectivity index (χ3n) is 4.37. The molecule has 0 aliphatic heterocycles. The first-order chi connectivity index (χ1) is 10.5. The van der Waals surface area contributed by atoms with Crippen molar-refractivity contribution in [3.8, 4) is 0 Å². The second-order valence-electron chi connectivity index (χ2n) is 5.69. The summed E-state index contributed by atoms with van der Waals surface area (Å²) >= 11 is 6.15. The SMILES string of the molecule is C[S@@](=O)C1(CNC(=O)c2cc3ccccc3c(Cl)n2)CCC1. The molecule has 1 aromatic heterocycles. The molecule has 3 rings (SSSR count). The number of nitrogens with one attached hydrogen (secondary N) is 1. The van der Waals surface area contributed by atoms with E-state index in [1.807, 2.05) is 24.3 Å². The average molecular weight is 337 g/mol. The molecular formula is C16H17ClN2O2S. The van der Waals surface area contributed by atoms with Crippen LogP contribution in [0.3, 0.4) is 0 Å². The Balaban J connectivity index is 1.79. The summed E-state index contributed by atoms with van der Waals surface area (Å²) in [5.41, 5.74) is 0.292. The van der Waals surface area contributed by atoms with Crippen LogP contribution in [0.2, 0.25) is 5.15 Å². The average Bonchev–Trinajstić information content (AvgIpc) is 2.45. The molecule has 1 fully saturated rings. The molecule has 116 valence electrons. The van der Waals surface area contributed by atoms with E-state index >= 15 is 0 Å². The zero-order valence-corrected chi connectivity index (χ0v) is 13.8. The molecule has 1 aliphatic rings. The summed E-state index contributed by atoms with van der Waals surface area (Å²) in [6, 6.07) is 9.27. The quantitative estimate of drug-likeness (QED) is 0.873. The summed E-state index contributed by atoms with van der Waals surface area (Å²) < 4.78 is 11.6. The molecule has 1 heterocycles. The van der Waals surface area contributed by atoms with E-state index in [0.29, 0.717) is 17.4 Å². The summed E-state index contributed by atoms with van der Waals surface area (Å²) in [5.74, 6) is -0.274. The molecule has 0 saturated heterocycles. The first-order valence-electron chi connectivity index (χ1n) is 7.19. The van der Waals surface area contributed by atoms with Crippen LogP contribution in [-0.2, 0) is 10.8 Å². The smallest absolute Gasteiger partial charge is 0.270 e. The van der Waals surface area contributed by atoms with E-state index in [-0.39, 0.29) is 10.7 Å². The third kappa shape index (κ3) is 2.75. The molecule has 4 nitrogen and oxygen atoms in total. The minimum atomic E-state index is -0.943. The van der Waals surface area contributed by atoms with Crippen molar-refractivity contribution < 1.29 is 9.00 Å². The van der Waals surface area contributed by atoms with Crippen LogP contribution >= 0.6 is 11.6 Å². The summed E-state index contributed by atoms with van der Waals surface area (Å²) in [7, 11) is -0.943.